The summed E-state index contributed by atoms with van der Waals surface area (Å²) in [6.07, 6.45) is 1.85. The Morgan fingerprint density at radius 3 is 2.74 bits per heavy atom. The summed E-state index contributed by atoms with van der Waals surface area (Å²) in [6.45, 7) is 5.87. The van der Waals surface area contributed by atoms with E-state index in [1.165, 1.54) is 11.6 Å². The Labute approximate surface area is 115 Å². The summed E-state index contributed by atoms with van der Waals surface area (Å²) in [6, 6.07) is 4.95. The molecule has 0 aliphatic heterocycles. The van der Waals surface area contributed by atoms with E-state index < -0.39 is 0 Å². The fourth-order valence-corrected chi connectivity index (χ4v) is 1.84. The van der Waals surface area contributed by atoms with Crippen LogP contribution in [0.5, 0.6) is 0 Å². The molecule has 0 bridgehead atoms. The lowest BCUT2D eigenvalue weighted by atomic mass is 10.1. The molecule has 0 saturated heterocycles. The standard InChI is InChI=1S/C15H24FNO2/c1-13-12-15(16)5-4-14(13)6-7-17-8-11-19-10-3-9-18-2/h4-5,12,17H,3,6-11H2,1-2H3. The molecule has 1 aromatic rings. The van der Waals surface area contributed by atoms with Gasteiger partial charge in [-0.05, 0) is 49.6 Å². The minimum Gasteiger partial charge on any atom is -0.385 e. The van der Waals surface area contributed by atoms with Gasteiger partial charge in [-0.25, -0.2) is 4.39 Å². The second-order valence-corrected chi connectivity index (χ2v) is 4.53. The van der Waals surface area contributed by atoms with Crippen molar-refractivity contribution >= 4 is 0 Å². The Morgan fingerprint density at radius 2 is 2.00 bits per heavy atom. The van der Waals surface area contributed by atoms with Crippen molar-refractivity contribution in [2.24, 2.45) is 0 Å². The summed E-state index contributed by atoms with van der Waals surface area (Å²) in [5, 5.41) is 3.32. The van der Waals surface area contributed by atoms with E-state index in [1.807, 2.05) is 13.0 Å². The van der Waals surface area contributed by atoms with Crippen molar-refractivity contribution in [2.45, 2.75) is 19.8 Å². The first-order valence-corrected chi connectivity index (χ1v) is 6.76. The largest absolute Gasteiger partial charge is 0.385 e. The molecule has 4 heteroatoms. The van der Waals surface area contributed by atoms with Gasteiger partial charge in [-0.3, -0.25) is 0 Å². The van der Waals surface area contributed by atoms with Crippen LogP contribution in [0.2, 0.25) is 0 Å². The zero-order valence-corrected chi connectivity index (χ0v) is 11.9. The maximum atomic E-state index is 12.9. The summed E-state index contributed by atoms with van der Waals surface area (Å²) >= 11 is 0. The number of ether oxygens (including phenoxy) is 2. The molecule has 0 fully saturated rings. The lowest BCUT2D eigenvalue weighted by molar-refractivity contribution is 0.104. The second kappa shape index (κ2) is 9.89. The first-order valence-electron chi connectivity index (χ1n) is 6.76. The SMILES string of the molecule is COCCCOCCNCCc1ccc(F)cc1C. The average Bonchev–Trinajstić information content (AvgIpc) is 2.39. The molecule has 0 heterocycles. The molecule has 0 saturated carbocycles. The fourth-order valence-electron chi connectivity index (χ4n) is 1.84. The molecule has 0 unspecified atom stereocenters. The predicted molar refractivity (Wildman–Crippen MR) is 75.0 cm³/mol. The van der Waals surface area contributed by atoms with Crippen LogP contribution in [0, 0.1) is 12.7 Å². The van der Waals surface area contributed by atoms with Crippen molar-refractivity contribution < 1.29 is 13.9 Å². The number of hydrogen-bond acceptors (Lipinski definition) is 3. The van der Waals surface area contributed by atoms with Crippen LogP contribution < -0.4 is 5.32 Å². The maximum absolute atomic E-state index is 12.9. The van der Waals surface area contributed by atoms with Gasteiger partial charge in [0.1, 0.15) is 5.82 Å². The molecule has 0 radical (unpaired) electrons. The number of nitrogens with one attached hydrogen (secondary N) is 1. The van der Waals surface area contributed by atoms with E-state index in [9.17, 15) is 4.39 Å². The molecule has 19 heavy (non-hydrogen) atoms. The number of methoxy groups -OCH3 is 1. The lowest BCUT2D eigenvalue weighted by Crippen LogP contribution is -2.22. The smallest absolute Gasteiger partial charge is 0.123 e. The molecule has 1 N–H and O–H groups in total. The summed E-state index contributed by atoms with van der Waals surface area (Å²) < 4.78 is 23.3. The molecule has 3 nitrogen and oxygen atoms in total. The third kappa shape index (κ3) is 7.25. The van der Waals surface area contributed by atoms with Crippen LogP contribution in [0.15, 0.2) is 18.2 Å². The van der Waals surface area contributed by atoms with Gasteiger partial charge < -0.3 is 14.8 Å². The van der Waals surface area contributed by atoms with Gasteiger partial charge in [-0.15, -0.1) is 0 Å². The van der Waals surface area contributed by atoms with E-state index in [2.05, 4.69) is 5.32 Å². The van der Waals surface area contributed by atoms with Crippen molar-refractivity contribution in [2.75, 3.05) is 40.0 Å². The lowest BCUT2D eigenvalue weighted by Gasteiger charge is -2.08. The van der Waals surface area contributed by atoms with Gasteiger partial charge in [0.2, 0.25) is 0 Å². The summed E-state index contributed by atoms with van der Waals surface area (Å²) in [5.41, 5.74) is 2.20. The van der Waals surface area contributed by atoms with E-state index >= 15 is 0 Å². The Balaban J connectivity index is 2.01. The zero-order valence-electron chi connectivity index (χ0n) is 11.9. The van der Waals surface area contributed by atoms with Crippen molar-refractivity contribution in [1.82, 2.24) is 5.32 Å². The Morgan fingerprint density at radius 1 is 1.16 bits per heavy atom. The molecule has 0 spiro atoms. The van der Waals surface area contributed by atoms with Crippen LogP contribution in [0.3, 0.4) is 0 Å². The number of rotatable bonds is 10. The van der Waals surface area contributed by atoms with Gasteiger partial charge in [0, 0.05) is 26.9 Å². The van der Waals surface area contributed by atoms with Gasteiger partial charge in [0.15, 0.2) is 0 Å². The number of aryl methyl sites for hydroxylation is 1. The molecular formula is C15H24FNO2. The minimum absolute atomic E-state index is 0.168. The topological polar surface area (TPSA) is 30.5 Å². The second-order valence-electron chi connectivity index (χ2n) is 4.53. The van der Waals surface area contributed by atoms with E-state index in [4.69, 9.17) is 9.47 Å². The molecule has 1 rings (SSSR count). The van der Waals surface area contributed by atoms with Gasteiger partial charge in [-0.2, -0.15) is 0 Å². The first kappa shape index (κ1) is 16.1. The van der Waals surface area contributed by atoms with Crippen LogP contribution in [0.1, 0.15) is 17.5 Å². The number of hydrogen-bond donors (Lipinski definition) is 1. The maximum Gasteiger partial charge on any atom is 0.123 e. The normalized spacial score (nSPS) is 10.9. The third-order valence-corrected chi connectivity index (χ3v) is 2.94. The van der Waals surface area contributed by atoms with Gasteiger partial charge in [0.25, 0.3) is 0 Å². The molecule has 0 atom stereocenters. The summed E-state index contributed by atoms with van der Waals surface area (Å²) in [5.74, 6) is -0.168. The molecule has 0 aromatic heterocycles. The van der Waals surface area contributed by atoms with E-state index in [0.717, 1.165) is 44.7 Å². The van der Waals surface area contributed by atoms with Crippen LogP contribution in [-0.2, 0) is 15.9 Å². The number of benzene rings is 1. The monoisotopic (exact) mass is 269 g/mol. The fraction of sp³-hybridized carbons (Fsp3) is 0.600. The summed E-state index contributed by atoms with van der Waals surface area (Å²) in [7, 11) is 1.69. The van der Waals surface area contributed by atoms with Gasteiger partial charge in [-0.1, -0.05) is 6.07 Å². The van der Waals surface area contributed by atoms with Gasteiger partial charge in [0.05, 0.1) is 6.61 Å². The van der Waals surface area contributed by atoms with E-state index in [1.54, 1.807) is 13.2 Å². The van der Waals surface area contributed by atoms with Crippen molar-refractivity contribution in [3.05, 3.63) is 35.1 Å². The van der Waals surface area contributed by atoms with Crippen molar-refractivity contribution in [3.8, 4) is 0 Å². The van der Waals surface area contributed by atoms with Crippen LogP contribution in [0.25, 0.3) is 0 Å². The molecule has 1 aromatic carbocycles. The van der Waals surface area contributed by atoms with Crippen molar-refractivity contribution in [3.63, 3.8) is 0 Å². The van der Waals surface area contributed by atoms with E-state index in [-0.39, 0.29) is 5.82 Å². The molecule has 108 valence electrons. The molecular weight excluding hydrogens is 245 g/mol. The average molecular weight is 269 g/mol. The van der Waals surface area contributed by atoms with Crippen molar-refractivity contribution in [1.29, 1.82) is 0 Å². The molecule has 0 aliphatic carbocycles. The van der Waals surface area contributed by atoms with Crippen LogP contribution >= 0.6 is 0 Å². The summed E-state index contributed by atoms with van der Waals surface area (Å²) in [4.78, 5) is 0. The Hall–Kier alpha value is -0.970. The third-order valence-electron chi connectivity index (χ3n) is 2.94. The molecule has 0 aliphatic rings. The quantitative estimate of drug-likeness (QED) is 0.661. The van der Waals surface area contributed by atoms with Gasteiger partial charge >= 0.3 is 0 Å². The predicted octanol–water partition coefficient (Wildman–Crippen LogP) is 2.32. The Bertz CT molecular complexity index is 358. The highest BCUT2D eigenvalue weighted by Crippen LogP contribution is 2.10. The molecule has 0 amide bonds. The first-order chi connectivity index (χ1) is 9.24. The van der Waals surface area contributed by atoms with Crippen LogP contribution in [-0.4, -0.2) is 40.0 Å². The Kier molecular flexibility index (Phi) is 8.38. The highest BCUT2D eigenvalue weighted by atomic mass is 19.1. The highest BCUT2D eigenvalue weighted by molar-refractivity contribution is 5.26. The number of halogens is 1. The highest BCUT2D eigenvalue weighted by Gasteiger charge is 1.99. The van der Waals surface area contributed by atoms with Crippen LogP contribution in [0.4, 0.5) is 4.39 Å². The van der Waals surface area contributed by atoms with E-state index in [0.29, 0.717) is 6.61 Å². The zero-order chi connectivity index (χ0) is 13.9. The minimum atomic E-state index is -0.168.